The fourth-order valence-electron chi connectivity index (χ4n) is 3.10. The molecule has 0 aromatic heterocycles. The average Bonchev–Trinajstić information content (AvgIpc) is 2.93. The maximum atomic E-state index is 12.3. The summed E-state index contributed by atoms with van der Waals surface area (Å²) in [7, 11) is 1.58. The van der Waals surface area contributed by atoms with Crippen molar-refractivity contribution >= 4 is 23.4 Å². The summed E-state index contributed by atoms with van der Waals surface area (Å²) in [5.41, 5.74) is 1.64. The zero-order valence-corrected chi connectivity index (χ0v) is 15.2. The largest absolute Gasteiger partial charge is 0.497 e. The van der Waals surface area contributed by atoms with Crippen molar-refractivity contribution in [2.75, 3.05) is 19.0 Å². The van der Waals surface area contributed by atoms with E-state index >= 15 is 0 Å². The first-order valence-electron chi connectivity index (χ1n) is 8.99. The van der Waals surface area contributed by atoms with Crippen molar-refractivity contribution in [3.63, 3.8) is 0 Å². The van der Waals surface area contributed by atoms with Gasteiger partial charge in [0.2, 0.25) is 5.91 Å². The lowest BCUT2D eigenvalue weighted by molar-refractivity contribution is -0.116. The molecule has 1 N–H and O–H groups in total. The minimum absolute atomic E-state index is 0.0658. The fraction of sp³-hybridized carbons (Fsp3) is 0.286. The summed E-state index contributed by atoms with van der Waals surface area (Å²) in [6, 6.07) is 14.1. The molecule has 3 amide bonds. The minimum atomic E-state index is -0.230. The number of hydrogen-bond donors (Lipinski definition) is 1. The number of nitrogens with one attached hydrogen (secondary N) is 1. The van der Waals surface area contributed by atoms with Crippen molar-refractivity contribution in [1.82, 2.24) is 4.90 Å². The molecule has 3 rings (SSSR count). The van der Waals surface area contributed by atoms with E-state index in [1.807, 2.05) is 18.2 Å². The monoisotopic (exact) mass is 366 g/mol. The molecule has 0 fully saturated rings. The molecule has 0 aliphatic carbocycles. The maximum absolute atomic E-state index is 12.3. The highest BCUT2D eigenvalue weighted by Crippen LogP contribution is 2.23. The van der Waals surface area contributed by atoms with Crippen molar-refractivity contribution in [3.05, 3.63) is 59.7 Å². The third kappa shape index (κ3) is 4.34. The molecule has 0 unspecified atom stereocenters. The Kier molecular flexibility index (Phi) is 5.86. The zero-order chi connectivity index (χ0) is 19.2. The van der Waals surface area contributed by atoms with Crippen LogP contribution in [0.2, 0.25) is 0 Å². The standard InChI is InChI=1S/C21H22N2O4/c1-27-16-9-7-8-15(14-16)22-19(24)12-3-2-6-13-23-20(25)17-10-4-5-11-18(17)21(23)26/h4-5,7-11,14H,2-3,6,12-13H2,1H3,(H,22,24). The molecule has 2 aromatic carbocycles. The third-order valence-corrected chi connectivity index (χ3v) is 4.52. The Bertz CT molecular complexity index is 828. The summed E-state index contributed by atoms with van der Waals surface area (Å²) in [4.78, 5) is 37.8. The molecular weight excluding hydrogens is 344 g/mol. The number of imide groups is 1. The molecule has 6 nitrogen and oxygen atoms in total. The number of unbranched alkanes of at least 4 members (excludes halogenated alkanes) is 2. The molecule has 0 radical (unpaired) electrons. The number of hydrogen-bond acceptors (Lipinski definition) is 4. The normalized spacial score (nSPS) is 12.9. The van der Waals surface area contributed by atoms with E-state index in [2.05, 4.69) is 5.32 Å². The van der Waals surface area contributed by atoms with Gasteiger partial charge >= 0.3 is 0 Å². The molecule has 0 saturated heterocycles. The number of carbonyl (C=O) groups is 3. The van der Waals surface area contributed by atoms with Crippen LogP contribution in [0.3, 0.4) is 0 Å². The van der Waals surface area contributed by atoms with Gasteiger partial charge in [-0.2, -0.15) is 0 Å². The number of ether oxygens (including phenoxy) is 1. The number of benzene rings is 2. The summed E-state index contributed by atoms with van der Waals surface area (Å²) in [5, 5.41) is 2.84. The van der Waals surface area contributed by atoms with Crippen molar-refractivity contribution in [2.24, 2.45) is 0 Å². The molecule has 1 aliphatic rings. The van der Waals surface area contributed by atoms with E-state index in [1.54, 1.807) is 37.4 Å². The molecular formula is C21H22N2O4. The predicted octanol–water partition coefficient (Wildman–Crippen LogP) is 3.49. The van der Waals surface area contributed by atoms with Gasteiger partial charge in [0.25, 0.3) is 11.8 Å². The van der Waals surface area contributed by atoms with E-state index in [4.69, 9.17) is 4.74 Å². The summed E-state index contributed by atoms with van der Waals surface area (Å²) < 4.78 is 5.13. The lowest BCUT2D eigenvalue weighted by Gasteiger charge is -2.13. The summed E-state index contributed by atoms with van der Waals surface area (Å²) in [6.07, 6.45) is 2.52. The van der Waals surface area contributed by atoms with E-state index in [9.17, 15) is 14.4 Å². The first kappa shape index (κ1) is 18.6. The van der Waals surface area contributed by atoms with E-state index in [1.165, 1.54) is 4.90 Å². The van der Waals surface area contributed by atoms with Gasteiger partial charge < -0.3 is 10.1 Å². The van der Waals surface area contributed by atoms with Gasteiger partial charge in [0, 0.05) is 24.7 Å². The highest BCUT2D eigenvalue weighted by Gasteiger charge is 2.34. The fourth-order valence-corrected chi connectivity index (χ4v) is 3.10. The Balaban J connectivity index is 1.39. The van der Waals surface area contributed by atoms with E-state index in [-0.39, 0.29) is 17.7 Å². The van der Waals surface area contributed by atoms with Gasteiger partial charge in [0.1, 0.15) is 5.75 Å². The minimum Gasteiger partial charge on any atom is -0.497 e. The van der Waals surface area contributed by atoms with Crippen molar-refractivity contribution < 1.29 is 19.1 Å². The Morgan fingerprint density at radius 2 is 1.67 bits per heavy atom. The van der Waals surface area contributed by atoms with Gasteiger partial charge in [-0.25, -0.2) is 0 Å². The van der Waals surface area contributed by atoms with Crippen LogP contribution < -0.4 is 10.1 Å². The quantitative estimate of drug-likeness (QED) is 0.573. The molecule has 6 heteroatoms. The van der Waals surface area contributed by atoms with Crippen LogP contribution in [0.4, 0.5) is 5.69 Å². The number of carbonyl (C=O) groups excluding carboxylic acids is 3. The van der Waals surface area contributed by atoms with Crippen molar-refractivity contribution in [3.8, 4) is 5.75 Å². The SMILES string of the molecule is COc1cccc(NC(=O)CCCCCN2C(=O)c3ccccc3C2=O)c1. The van der Waals surface area contributed by atoms with Gasteiger partial charge in [-0.05, 0) is 37.1 Å². The molecule has 0 spiro atoms. The van der Waals surface area contributed by atoms with Crippen LogP contribution in [0.5, 0.6) is 5.75 Å². The Morgan fingerprint density at radius 1 is 0.963 bits per heavy atom. The molecule has 0 bridgehead atoms. The Labute approximate surface area is 158 Å². The second-order valence-electron chi connectivity index (χ2n) is 6.40. The second-order valence-corrected chi connectivity index (χ2v) is 6.40. The second kappa shape index (κ2) is 8.49. The molecule has 140 valence electrons. The smallest absolute Gasteiger partial charge is 0.261 e. The summed E-state index contributed by atoms with van der Waals surface area (Å²) in [5.74, 6) is 0.162. The lowest BCUT2D eigenvalue weighted by atomic mass is 10.1. The number of rotatable bonds is 8. The number of nitrogens with zero attached hydrogens (tertiary/aromatic N) is 1. The summed E-state index contributed by atoms with van der Waals surface area (Å²) in [6.45, 7) is 0.379. The number of amides is 3. The van der Waals surface area contributed by atoms with E-state index in [0.29, 0.717) is 48.4 Å². The first-order chi connectivity index (χ1) is 13.1. The van der Waals surface area contributed by atoms with Gasteiger partial charge in [0.05, 0.1) is 18.2 Å². The lowest BCUT2D eigenvalue weighted by Crippen LogP contribution is -2.30. The predicted molar refractivity (Wildman–Crippen MR) is 102 cm³/mol. The van der Waals surface area contributed by atoms with Gasteiger partial charge in [-0.3, -0.25) is 19.3 Å². The van der Waals surface area contributed by atoms with Gasteiger partial charge in [-0.1, -0.05) is 24.6 Å². The number of fused-ring (bicyclic) bond motifs is 1. The molecule has 27 heavy (non-hydrogen) atoms. The summed E-state index contributed by atoms with van der Waals surface area (Å²) >= 11 is 0. The third-order valence-electron chi connectivity index (χ3n) is 4.52. The van der Waals surface area contributed by atoms with Crippen LogP contribution in [0.15, 0.2) is 48.5 Å². The number of methoxy groups -OCH3 is 1. The highest BCUT2D eigenvalue weighted by atomic mass is 16.5. The molecule has 0 atom stereocenters. The zero-order valence-electron chi connectivity index (χ0n) is 15.2. The van der Waals surface area contributed by atoms with E-state index in [0.717, 1.165) is 6.42 Å². The number of anilines is 1. The highest BCUT2D eigenvalue weighted by molar-refractivity contribution is 6.21. The van der Waals surface area contributed by atoms with Crippen LogP contribution in [-0.2, 0) is 4.79 Å². The Morgan fingerprint density at radius 3 is 2.33 bits per heavy atom. The van der Waals surface area contributed by atoms with Crippen LogP contribution in [0.1, 0.15) is 46.4 Å². The van der Waals surface area contributed by atoms with Crippen LogP contribution in [-0.4, -0.2) is 36.3 Å². The Hall–Kier alpha value is -3.15. The van der Waals surface area contributed by atoms with Gasteiger partial charge in [0.15, 0.2) is 0 Å². The molecule has 0 saturated carbocycles. The van der Waals surface area contributed by atoms with Crippen LogP contribution in [0.25, 0.3) is 0 Å². The van der Waals surface area contributed by atoms with Crippen LogP contribution in [0, 0.1) is 0 Å². The van der Waals surface area contributed by atoms with E-state index < -0.39 is 0 Å². The van der Waals surface area contributed by atoms with Crippen molar-refractivity contribution in [2.45, 2.75) is 25.7 Å². The van der Waals surface area contributed by atoms with Crippen molar-refractivity contribution in [1.29, 1.82) is 0 Å². The average molecular weight is 366 g/mol. The van der Waals surface area contributed by atoms with Gasteiger partial charge in [-0.15, -0.1) is 0 Å². The van der Waals surface area contributed by atoms with Crippen LogP contribution >= 0.6 is 0 Å². The molecule has 1 heterocycles. The first-order valence-corrected chi connectivity index (χ1v) is 8.99. The topological polar surface area (TPSA) is 75.7 Å². The molecule has 1 aliphatic heterocycles. The molecule has 2 aromatic rings. The maximum Gasteiger partial charge on any atom is 0.261 e.